The molecule has 21 heavy (non-hydrogen) atoms. The highest BCUT2D eigenvalue weighted by molar-refractivity contribution is 7.89. The summed E-state index contributed by atoms with van der Waals surface area (Å²) in [6.45, 7) is 4.60. The Labute approximate surface area is 125 Å². The second kappa shape index (κ2) is 5.99. The van der Waals surface area contributed by atoms with Crippen molar-refractivity contribution >= 4 is 26.7 Å². The van der Waals surface area contributed by atoms with E-state index in [1.54, 1.807) is 37.4 Å². The van der Waals surface area contributed by atoms with E-state index in [1.165, 1.54) is 4.31 Å². The molecule has 2 rings (SSSR count). The fourth-order valence-electron chi connectivity index (χ4n) is 2.13. The molecule has 1 aromatic heterocycles. The molecule has 0 spiro atoms. The van der Waals surface area contributed by atoms with Crippen LogP contribution in [0.3, 0.4) is 0 Å². The number of nitrogens with zero attached hydrogens (tertiary/aromatic N) is 2. The summed E-state index contributed by atoms with van der Waals surface area (Å²) in [4.78, 5) is 4.46. The number of aromatic nitrogens is 1. The molecule has 0 aliphatic rings. The van der Waals surface area contributed by atoms with Gasteiger partial charge in [-0.1, -0.05) is 20.3 Å². The van der Waals surface area contributed by atoms with Crippen LogP contribution in [0.2, 0.25) is 0 Å². The van der Waals surface area contributed by atoms with Crippen molar-refractivity contribution in [3.63, 3.8) is 0 Å². The smallest absolute Gasteiger partial charge is 0.242 e. The summed E-state index contributed by atoms with van der Waals surface area (Å²) in [6, 6.07) is 8.37. The number of nitrogens with two attached hydrogens (primary N) is 1. The molecule has 0 bridgehead atoms. The van der Waals surface area contributed by atoms with Gasteiger partial charge in [-0.3, -0.25) is 0 Å². The van der Waals surface area contributed by atoms with Crippen molar-refractivity contribution in [1.82, 2.24) is 9.29 Å². The predicted molar refractivity (Wildman–Crippen MR) is 85.4 cm³/mol. The highest BCUT2D eigenvalue weighted by Gasteiger charge is 2.22. The normalized spacial score (nSPS) is 13.7. The van der Waals surface area contributed by atoms with E-state index in [4.69, 9.17) is 5.73 Å². The first-order valence-electron chi connectivity index (χ1n) is 6.97. The molecule has 0 fully saturated rings. The maximum Gasteiger partial charge on any atom is 0.242 e. The molecule has 0 aliphatic carbocycles. The van der Waals surface area contributed by atoms with Crippen molar-refractivity contribution in [3.05, 3.63) is 30.3 Å². The molecule has 0 radical (unpaired) electrons. The summed E-state index contributed by atoms with van der Waals surface area (Å²) in [5.41, 5.74) is 6.32. The standard InChI is InChI=1S/C15H21N3O2S/c1-4-11(2)10-18(3)21(19,20)13-6-7-14-12(9-13)5-8-15(16)17-14/h5-9,11H,4,10H2,1-3H3,(H2,16,17). The van der Waals surface area contributed by atoms with Gasteiger partial charge in [0.1, 0.15) is 5.82 Å². The lowest BCUT2D eigenvalue weighted by atomic mass is 10.1. The lowest BCUT2D eigenvalue weighted by Gasteiger charge is -2.20. The largest absolute Gasteiger partial charge is 0.384 e. The lowest BCUT2D eigenvalue weighted by Crippen LogP contribution is -2.31. The zero-order valence-corrected chi connectivity index (χ0v) is 13.4. The predicted octanol–water partition coefficient (Wildman–Crippen LogP) is 2.48. The monoisotopic (exact) mass is 307 g/mol. The maximum absolute atomic E-state index is 12.6. The Balaban J connectivity index is 2.38. The van der Waals surface area contributed by atoms with Crippen LogP contribution in [-0.4, -0.2) is 31.3 Å². The molecule has 1 atom stereocenters. The van der Waals surface area contributed by atoms with Crippen LogP contribution in [-0.2, 0) is 10.0 Å². The first-order valence-corrected chi connectivity index (χ1v) is 8.41. The maximum atomic E-state index is 12.6. The third kappa shape index (κ3) is 3.33. The molecule has 1 unspecified atom stereocenters. The minimum absolute atomic E-state index is 0.285. The van der Waals surface area contributed by atoms with Crippen LogP contribution in [0, 0.1) is 5.92 Å². The van der Waals surface area contributed by atoms with E-state index in [1.807, 2.05) is 6.92 Å². The molecule has 5 nitrogen and oxygen atoms in total. The Hall–Kier alpha value is -1.66. The van der Waals surface area contributed by atoms with Crippen molar-refractivity contribution in [3.8, 4) is 0 Å². The third-order valence-electron chi connectivity index (χ3n) is 3.66. The number of anilines is 1. The number of benzene rings is 1. The second-order valence-electron chi connectivity index (χ2n) is 5.39. The van der Waals surface area contributed by atoms with Crippen LogP contribution in [0.25, 0.3) is 10.9 Å². The van der Waals surface area contributed by atoms with E-state index in [-0.39, 0.29) is 4.90 Å². The second-order valence-corrected chi connectivity index (χ2v) is 7.43. The van der Waals surface area contributed by atoms with Gasteiger partial charge in [-0.15, -0.1) is 0 Å². The molecule has 0 saturated carbocycles. The van der Waals surface area contributed by atoms with Crippen LogP contribution in [0.5, 0.6) is 0 Å². The molecule has 2 aromatic rings. The lowest BCUT2D eigenvalue weighted by molar-refractivity contribution is 0.393. The van der Waals surface area contributed by atoms with Gasteiger partial charge in [-0.25, -0.2) is 17.7 Å². The van der Waals surface area contributed by atoms with Crippen LogP contribution in [0.1, 0.15) is 20.3 Å². The molecule has 114 valence electrons. The zero-order chi connectivity index (χ0) is 15.6. The average Bonchev–Trinajstić information content (AvgIpc) is 2.46. The van der Waals surface area contributed by atoms with Crippen molar-refractivity contribution < 1.29 is 8.42 Å². The van der Waals surface area contributed by atoms with Gasteiger partial charge in [0.15, 0.2) is 0 Å². The minimum atomic E-state index is -3.47. The summed E-state index contributed by atoms with van der Waals surface area (Å²) in [5.74, 6) is 0.749. The van der Waals surface area contributed by atoms with E-state index in [0.717, 1.165) is 11.8 Å². The van der Waals surface area contributed by atoms with E-state index in [9.17, 15) is 8.42 Å². The molecule has 1 heterocycles. The fraction of sp³-hybridized carbons (Fsp3) is 0.400. The molecule has 1 aromatic carbocycles. The fourth-order valence-corrected chi connectivity index (χ4v) is 3.45. The van der Waals surface area contributed by atoms with Gasteiger partial charge in [0.25, 0.3) is 0 Å². The highest BCUT2D eigenvalue weighted by Crippen LogP contribution is 2.22. The Morgan fingerprint density at radius 1 is 1.29 bits per heavy atom. The Morgan fingerprint density at radius 3 is 2.67 bits per heavy atom. The first-order chi connectivity index (χ1) is 9.84. The quantitative estimate of drug-likeness (QED) is 0.920. The number of nitrogen functional groups attached to an aromatic ring is 1. The average molecular weight is 307 g/mol. The number of hydrogen-bond acceptors (Lipinski definition) is 4. The number of hydrogen-bond donors (Lipinski definition) is 1. The van der Waals surface area contributed by atoms with E-state index >= 15 is 0 Å². The summed E-state index contributed by atoms with van der Waals surface area (Å²) in [6.07, 6.45) is 0.945. The van der Waals surface area contributed by atoms with Gasteiger partial charge >= 0.3 is 0 Å². The minimum Gasteiger partial charge on any atom is -0.384 e. The Morgan fingerprint density at radius 2 is 2.00 bits per heavy atom. The van der Waals surface area contributed by atoms with E-state index in [2.05, 4.69) is 11.9 Å². The summed E-state index contributed by atoms with van der Waals surface area (Å²) in [5, 5.41) is 0.766. The van der Waals surface area contributed by atoms with Crippen molar-refractivity contribution in [1.29, 1.82) is 0 Å². The Bertz CT molecular complexity index is 744. The van der Waals surface area contributed by atoms with Crippen molar-refractivity contribution in [2.45, 2.75) is 25.2 Å². The molecule has 0 saturated heterocycles. The van der Waals surface area contributed by atoms with Gasteiger partial charge in [0, 0.05) is 19.0 Å². The molecular weight excluding hydrogens is 286 g/mol. The number of pyridine rings is 1. The molecule has 0 aliphatic heterocycles. The number of rotatable bonds is 5. The summed E-state index contributed by atoms with van der Waals surface area (Å²) in [7, 11) is -1.85. The van der Waals surface area contributed by atoms with Crippen LogP contribution < -0.4 is 5.73 Å². The molecule has 0 amide bonds. The van der Waals surface area contributed by atoms with Crippen LogP contribution in [0.4, 0.5) is 5.82 Å². The van der Waals surface area contributed by atoms with Crippen LogP contribution in [0.15, 0.2) is 35.2 Å². The Kier molecular flexibility index (Phi) is 4.49. The molecular formula is C15H21N3O2S. The van der Waals surface area contributed by atoms with Gasteiger partial charge in [0.2, 0.25) is 10.0 Å². The topological polar surface area (TPSA) is 76.3 Å². The molecule has 6 heteroatoms. The van der Waals surface area contributed by atoms with Crippen molar-refractivity contribution in [2.24, 2.45) is 5.92 Å². The zero-order valence-electron chi connectivity index (χ0n) is 12.6. The SMILES string of the molecule is CCC(C)CN(C)S(=O)(=O)c1ccc2nc(N)ccc2c1. The molecule has 2 N–H and O–H groups in total. The van der Waals surface area contributed by atoms with E-state index in [0.29, 0.717) is 23.8 Å². The highest BCUT2D eigenvalue weighted by atomic mass is 32.2. The summed E-state index contributed by atoms with van der Waals surface area (Å²) >= 11 is 0. The van der Waals surface area contributed by atoms with Gasteiger partial charge < -0.3 is 5.73 Å². The first kappa shape index (κ1) is 15.7. The third-order valence-corrected chi connectivity index (χ3v) is 5.48. The van der Waals surface area contributed by atoms with Gasteiger partial charge in [-0.2, -0.15) is 0 Å². The van der Waals surface area contributed by atoms with E-state index < -0.39 is 10.0 Å². The van der Waals surface area contributed by atoms with Crippen molar-refractivity contribution in [2.75, 3.05) is 19.3 Å². The number of sulfonamides is 1. The van der Waals surface area contributed by atoms with Gasteiger partial charge in [-0.05, 0) is 36.2 Å². The van der Waals surface area contributed by atoms with Crippen LogP contribution >= 0.6 is 0 Å². The van der Waals surface area contributed by atoms with Gasteiger partial charge in [0.05, 0.1) is 10.4 Å². The number of fused-ring (bicyclic) bond motifs is 1. The summed E-state index contributed by atoms with van der Waals surface area (Å²) < 4.78 is 26.6.